The molecule has 2 heterocycles. The van der Waals surface area contributed by atoms with Gasteiger partial charge in [-0.05, 0) is 12.1 Å². The molecule has 1 aromatic rings. The Labute approximate surface area is 111 Å². The first-order valence-corrected chi connectivity index (χ1v) is 8.34. The van der Waals surface area contributed by atoms with Crippen LogP contribution in [0.25, 0.3) is 0 Å². The summed E-state index contributed by atoms with van der Waals surface area (Å²) in [6.45, 7) is 1.87. The highest BCUT2D eigenvalue weighted by molar-refractivity contribution is 7.91. The van der Waals surface area contributed by atoms with E-state index in [1.165, 1.54) is 4.88 Å². The van der Waals surface area contributed by atoms with E-state index in [1.807, 2.05) is 12.1 Å². The van der Waals surface area contributed by atoms with E-state index in [0.29, 0.717) is 13.1 Å². The van der Waals surface area contributed by atoms with Gasteiger partial charge in [-0.1, -0.05) is 11.8 Å². The van der Waals surface area contributed by atoms with Crippen molar-refractivity contribution in [2.45, 2.75) is 6.54 Å². The lowest BCUT2D eigenvalue weighted by Crippen LogP contribution is -2.39. The molecule has 18 heavy (non-hydrogen) atoms. The van der Waals surface area contributed by atoms with E-state index >= 15 is 0 Å². The summed E-state index contributed by atoms with van der Waals surface area (Å²) in [6, 6.07) is 3.94. The third-order valence-electron chi connectivity index (χ3n) is 2.77. The van der Waals surface area contributed by atoms with Crippen LogP contribution in [0.15, 0.2) is 12.1 Å². The number of thiophene rings is 1. The number of hydrogen-bond acceptors (Lipinski definition) is 5. The lowest BCUT2D eigenvalue weighted by Gasteiger charge is -2.25. The third-order valence-corrected chi connectivity index (χ3v) is 5.36. The van der Waals surface area contributed by atoms with Crippen LogP contribution in [-0.4, -0.2) is 49.6 Å². The molecule has 0 aliphatic carbocycles. The molecule has 98 valence electrons. The molecule has 2 rings (SSSR count). The second kappa shape index (κ2) is 5.85. The highest BCUT2D eigenvalue weighted by Gasteiger charge is 2.21. The second-order valence-corrected chi connectivity index (χ2v) is 7.63. The van der Waals surface area contributed by atoms with Crippen LogP contribution < -0.4 is 0 Å². The molecule has 1 saturated heterocycles. The molecule has 1 aromatic heterocycles. The molecule has 1 N–H and O–H groups in total. The molecule has 0 amide bonds. The average molecular weight is 285 g/mol. The van der Waals surface area contributed by atoms with Crippen molar-refractivity contribution in [3.8, 4) is 11.8 Å². The first-order valence-electron chi connectivity index (χ1n) is 5.70. The molecule has 0 atom stereocenters. The zero-order valence-corrected chi connectivity index (χ0v) is 11.6. The number of rotatable bonds is 2. The van der Waals surface area contributed by atoms with Crippen LogP contribution in [0.5, 0.6) is 0 Å². The van der Waals surface area contributed by atoms with E-state index in [1.54, 1.807) is 11.3 Å². The predicted molar refractivity (Wildman–Crippen MR) is 72.2 cm³/mol. The van der Waals surface area contributed by atoms with Crippen LogP contribution in [-0.2, 0) is 16.4 Å². The van der Waals surface area contributed by atoms with Gasteiger partial charge < -0.3 is 5.11 Å². The summed E-state index contributed by atoms with van der Waals surface area (Å²) < 4.78 is 22.6. The Morgan fingerprint density at radius 2 is 2.06 bits per heavy atom. The Morgan fingerprint density at radius 3 is 2.72 bits per heavy atom. The summed E-state index contributed by atoms with van der Waals surface area (Å²) in [5, 5.41) is 8.61. The van der Waals surface area contributed by atoms with Crippen LogP contribution in [0.1, 0.15) is 9.75 Å². The zero-order valence-electron chi connectivity index (χ0n) is 9.92. The predicted octanol–water partition coefficient (Wildman–Crippen LogP) is 0.322. The quantitative estimate of drug-likeness (QED) is 0.795. The van der Waals surface area contributed by atoms with Gasteiger partial charge in [0.15, 0.2) is 9.84 Å². The van der Waals surface area contributed by atoms with E-state index in [-0.39, 0.29) is 18.1 Å². The zero-order chi connectivity index (χ0) is 13.0. The Bertz CT molecular complexity index is 552. The number of nitrogens with zero attached hydrogens (tertiary/aromatic N) is 1. The minimum atomic E-state index is -2.80. The normalized spacial score (nSPS) is 19.2. The van der Waals surface area contributed by atoms with Gasteiger partial charge in [0.1, 0.15) is 6.61 Å². The minimum absolute atomic E-state index is 0.128. The number of aliphatic hydroxyl groups is 1. The fourth-order valence-electron chi connectivity index (χ4n) is 1.79. The molecule has 1 fully saturated rings. The number of aliphatic hydroxyl groups excluding tert-OH is 1. The van der Waals surface area contributed by atoms with Crippen molar-refractivity contribution in [2.24, 2.45) is 0 Å². The molecular weight excluding hydrogens is 270 g/mol. The van der Waals surface area contributed by atoms with Crippen molar-refractivity contribution in [3.05, 3.63) is 21.9 Å². The minimum Gasteiger partial charge on any atom is -0.384 e. The topological polar surface area (TPSA) is 57.6 Å². The molecule has 0 aromatic carbocycles. The standard InChI is InChI=1S/C12H15NO3S2/c14-7-1-2-11-3-4-12(17-11)10-13-5-8-18(15,16)9-6-13/h3-4,14H,5-10H2. The molecular formula is C12H15NO3S2. The van der Waals surface area contributed by atoms with E-state index < -0.39 is 9.84 Å². The second-order valence-electron chi connectivity index (χ2n) is 4.15. The van der Waals surface area contributed by atoms with Crippen molar-refractivity contribution in [1.82, 2.24) is 4.90 Å². The van der Waals surface area contributed by atoms with E-state index in [2.05, 4.69) is 16.7 Å². The van der Waals surface area contributed by atoms with Gasteiger partial charge in [-0.15, -0.1) is 11.3 Å². The van der Waals surface area contributed by atoms with Crippen molar-refractivity contribution < 1.29 is 13.5 Å². The summed E-state index contributed by atoms with van der Waals surface area (Å²) in [5.41, 5.74) is 0. The van der Waals surface area contributed by atoms with Crippen LogP contribution in [0.2, 0.25) is 0 Å². The summed E-state index contributed by atoms with van der Waals surface area (Å²) in [7, 11) is -2.80. The maximum atomic E-state index is 11.3. The third kappa shape index (κ3) is 3.82. The monoisotopic (exact) mass is 285 g/mol. The lowest BCUT2D eigenvalue weighted by molar-refractivity contribution is 0.290. The Hall–Kier alpha value is -0.870. The van der Waals surface area contributed by atoms with Crippen LogP contribution in [0.4, 0.5) is 0 Å². The Kier molecular flexibility index (Phi) is 4.40. The largest absolute Gasteiger partial charge is 0.384 e. The number of sulfone groups is 1. The molecule has 0 bridgehead atoms. The van der Waals surface area contributed by atoms with Crippen molar-refractivity contribution in [1.29, 1.82) is 0 Å². The van der Waals surface area contributed by atoms with Crippen molar-refractivity contribution >= 4 is 21.2 Å². The Morgan fingerprint density at radius 1 is 1.33 bits per heavy atom. The molecule has 1 aliphatic heterocycles. The molecule has 0 spiro atoms. The van der Waals surface area contributed by atoms with Gasteiger partial charge in [-0.25, -0.2) is 8.42 Å². The maximum Gasteiger partial charge on any atom is 0.152 e. The van der Waals surface area contributed by atoms with Gasteiger partial charge in [0.25, 0.3) is 0 Å². The fraction of sp³-hybridized carbons (Fsp3) is 0.500. The lowest BCUT2D eigenvalue weighted by atomic mass is 10.4. The number of hydrogen-bond donors (Lipinski definition) is 1. The molecule has 0 radical (unpaired) electrons. The molecule has 1 aliphatic rings. The smallest absolute Gasteiger partial charge is 0.152 e. The SMILES string of the molecule is O=S1(=O)CCN(Cc2ccc(C#CCO)s2)CC1. The van der Waals surface area contributed by atoms with Crippen LogP contribution in [0, 0.1) is 11.8 Å². The van der Waals surface area contributed by atoms with Gasteiger partial charge in [-0.2, -0.15) is 0 Å². The summed E-state index contributed by atoms with van der Waals surface area (Å²) in [5.74, 6) is 6.00. The molecule has 4 nitrogen and oxygen atoms in total. The average Bonchev–Trinajstić information content (AvgIpc) is 2.77. The van der Waals surface area contributed by atoms with E-state index in [0.717, 1.165) is 11.4 Å². The van der Waals surface area contributed by atoms with Crippen LogP contribution in [0.3, 0.4) is 0 Å². The highest BCUT2D eigenvalue weighted by Crippen LogP contribution is 2.18. The highest BCUT2D eigenvalue weighted by atomic mass is 32.2. The molecule has 0 unspecified atom stereocenters. The maximum absolute atomic E-state index is 11.3. The van der Waals surface area contributed by atoms with Gasteiger partial charge in [0, 0.05) is 24.5 Å². The Balaban J connectivity index is 1.92. The van der Waals surface area contributed by atoms with Gasteiger partial charge in [0.2, 0.25) is 0 Å². The van der Waals surface area contributed by atoms with E-state index in [4.69, 9.17) is 5.11 Å². The van der Waals surface area contributed by atoms with Gasteiger partial charge >= 0.3 is 0 Å². The van der Waals surface area contributed by atoms with Gasteiger partial charge in [0.05, 0.1) is 16.4 Å². The summed E-state index contributed by atoms with van der Waals surface area (Å²) in [6.07, 6.45) is 0. The first kappa shape index (κ1) is 13.6. The molecule has 6 heteroatoms. The van der Waals surface area contributed by atoms with Crippen molar-refractivity contribution in [3.63, 3.8) is 0 Å². The van der Waals surface area contributed by atoms with Crippen LogP contribution >= 0.6 is 11.3 Å². The fourth-order valence-corrected chi connectivity index (χ4v) is 3.99. The van der Waals surface area contributed by atoms with E-state index in [9.17, 15) is 8.42 Å². The molecule has 0 saturated carbocycles. The summed E-state index contributed by atoms with van der Waals surface area (Å²) >= 11 is 1.59. The summed E-state index contributed by atoms with van der Waals surface area (Å²) in [4.78, 5) is 4.26. The first-order chi connectivity index (χ1) is 8.59. The van der Waals surface area contributed by atoms with Crippen molar-refractivity contribution in [2.75, 3.05) is 31.2 Å². The van der Waals surface area contributed by atoms with Gasteiger partial charge in [-0.3, -0.25) is 4.90 Å².